The lowest BCUT2D eigenvalue weighted by atomic mass is 10.4. The molecule has 0 aliphatic carbocycles. The predicted molar refractivity (Wildman–Crippen MR) is 100 cm³/mol. The maximum absolute atomic E-state index is 12.1. The van der Waals surface area contributed by atoms with E-state index in [2.05, 4.69) is 10.3 Å². The van der Waals surface area contributed by atoms with Crippen LogP contribution in [-0.2, 0) is 0 Å². The quantitative estimate of drug-likeness (QED) is 0.397. The molecule has 0 aliphatic rings. The van der Waals surface area contributed by atoms with Gasteiger partial charge in [-0.15, -0.1) is 11.3 Å². The van der Waals surface area contributed by atoms with Crippen LogP contribution >= 0.6 is 58.1 Å². The van der Waals surface area contributed by atoms with Crippen LogP contribution in [0.3, 0.4) is 0 Å². The van der Waals surface area contributed by atoms with Gasteiger partial charge in [-0.25, -0.2) is 0 Å². The minimum Gasteiger partial charge on any atom is -0.351 e. The maximum atomic E-state index is 12.1. The van der Waals surface area contributed by atoms with E-state index in [0.29, 0.717) is 25.7 Å². The van der Waals surface area contributed by atoms with Crippen LogP contribution in [0.5, 0.6) is 0 Å². The number of aromatic nitrogens is 1. The highest BCUT2D eigenvalue weighted by atomic mass is 35.5. The number of hydrogen-bond acceptors (Lipinski definition) is 7. The Morgan fingerprint density at radius 1 is 1.42 bits per heavy atom. The summed E-state index contributed by atoms with van der Waals surface area (Å²) >= 11 is 15.8. The minimum absolute atomic E-state index is 0.149. The van der Waals surface area contributed by atoms with E-state index in [9.17, 15) is 14.9 Å². The molecule has 1 amide bonds. The summed E-state index contributed by atoms with van der Waals surface area (Å²) in [4.78, 5) is 27.4. The van der Waals surface area contributed by atoms with Gasteiger partial charge in [0.1, 0.15) is 9.09 Å². The lowest BCUT2D eigenvalue weighted by molar-refractivity contribution is -0.387. The fourth-order valence-corrected chi connectivity index (χ4v) is 4.71. The number of carbonyl (C=O) groups excluding carboxylic acids is 1. The molecule has 0 saturated heterocycles. The summed E-state index contributed by atoms with van der Waals surface area (Å²) in [6.07, 6.45) is 4.75. The molecule has 128 valence electrons. The molecular weight excluding hydrogens is 413 g/mol. The average Bonchev–Trinajstić information content (AvgIpc) is 2.95. The van der Waals surface area contributed by atoms with Crippen molar-refractivity contribution in [3.63, 3.8) is 0 Å². The van der Waals surface area contributed by atoms with E-state index in [4.69, 9.17) is 23.2 Å². The molecule has 2 rings (SSSR count). The van der Waals surface area contributed by atoms with Gasteiger partial charge in [0.15, 0.2) is 0 Å². The van der Waals surface area contributed by atoms with Crippen molar-refractivity contribution < 1.29 is 9.72 Å². The van der Waals surface area contributed by atoms with Gasteiger partial charge < -0.3 is 5.32 Å². The van der Waals surface area contributed by atoms with Crippen molar-refractivity contribution in [2.75, 3.05) is 18.6 Å². The zero-order valence-corrected chi connectivity index (χ0v) is 16.2. The fourth-order valence-electron chi connectivity index (χ4n) is 1.62. The molecule has 0 fully saturated rings. The third-order valence-corrected chi connectivity index (χ3v) is 6.56. The van der Waals surface area contributed by atoms with Crippen molar-refractivity contribution in [3.05, 3.63) is 43.5 Å². The monoisotopic (exact) mass is 423 g/mol. The van der Waals surface area contributed by atoms with Crippen LogP contribution in [0.25, 0.3) is 0 Å². The van der Waals surface area contributed by atoms with Crippen LogP contribution in [-0.4, -0.2) is 34.4 Å². The number of amides is 1. The van der Waals surface area contributed by atoms with Gasteiger partial charge in [0.2, 0.25) is 0 Å². The highest BCUT2D eigenvalue weighted by Gasteiger charge is 2.24. The number of thiophene rings is 1. The van der Waals surface area contributed by atoms with Crippen LogP contribution in [0.2, 0.25) is 10.0 Å². The first kappa shape index (κ1) is 19.3. The van der Waals surface area contributed by atoms with Crippen molar-refractivity contribution in [2.45, 2.75) is 9.10 Å². The summed E-state index contributed by atoms with van der Waals surface area (Å²) in [5.41, 5.74) is -0.149. The Bertz CT molecular complexity index is 750. The summed E-state index contributed by atoms with van der Waals surface area (Å²) in [5.74, 6) is 0.430. The first-order valence-electron chi connectivity index (χ1n) is 6.46. The maximum Gasteiger partial charge on any atom is 0.294 e. The lowest BCUT2D eigenvalue weighted by Gasteiger charge is -2.03. The Labute approximate surface area is 160 Å². The standard InChI is InChI=1S/C13H11Cl2N3O3S3/c1-22-3-2-17-12(19)10-4-9(18(20)21)13(23-10)24-11-7(14)5-16-6-8(11)15/h4-6H,2-3H2,1H3,(H,17,19). The number of nitrogens with zero attached hydrogens (tertiary/aromatic N) is 2. The summed E-state index contributed by atoms with van der Waals surface area (Å²) in [5, 5.41) is 14.6. The molecule has 0 unspecified atom stereocenters. The van der Waals surface area contributed by atoms with Gasteiger partial charge in [0.05, 0.1) is 19.9 Å². The molecule has 0 spiro atoms. The topological polar surface area (TPSA) is 85.1 Å². The molecule has 0 atom stereocenters. The van der Waals surface area contributed by atoms with Crippen molar-refractivity contribution in [1.82, 2.24) is 10.3 Å². The Kier molecular flexibility index (Phi) is 7.17. The molecule has 2 aromatic heterocycles. The number of hydrogen-bond donors (Lipinski definition) is 1. The van der Waals surface area contributed by atoms with E-state index in [-0.39, 0.29) is 16.5 Å². The molecule has 0 radical (unpaired) electrons. The van der Waals surface area contributed by atoms with E-state index in [1.165, 1.54) is 18.5 Å². The zero-order valence-electron chi connectivity index (χ0n) is 12.2. The smallest absolute Gasteiger partial charge is 0.294 e. The molecule has 2 heterocycles. The van der Waals surface area contributed by atoms with Crippen LogP contribution in [0.1, 0.15) is 9.67 Å². The largest absolute Gasteiger partial charge is 0.351 e. The van der Waals surface area contributed by atoms with Crippen molar-refractivity contribution in [3.8, 4) is 0 Å². The molecule has 0 aliphatic heterocycles. The number of thioether (sulfide) groups is 1. The summed E-state index contributed by atoms with van der Waals surface area (Å²) in [7, 11) is 0. The van der Waals surface area contributed by atoms with Gasteiger partial charge in [-0.05, 0) is 6.26 Å². The van der Waals surface area contributed by atoms with Gasteiger partial charge in [0.25, 0.3) is 11.6 Å². The second kappa shape index (κ2) is 8.91. The number of pyridine rings is 1. The first-order valence-corrected chi connectivity index (χ1v) is 10.2. The van der Waals surface area contributed by atoms with Gasteiger partial charge in [-0.3, -0.25) is 19.9 Å². The summed E-state index contributed by atoms with van der Waals surface area (Å²) < 4.78 is 0.338. The van der Waals surface area contributed by atoms with Crippen LogP contribution in [0, 0.1) is 10.1 Å². The highest BCUT2D eigenvalue weighted by molar-refractivity contribution is 8.01. The molecule has 6 nitrogen and oxygen atoms in total. The average molecular weight is 424 g/mol. The van der Waals surface area contributed by atoms with Gasteiger partial charge >= 0.3 is 0 Å². The van der Waals surface area contributed by atoms with Crippen molar-refractivity contribution in [2.24, 2.45) is 0 Å². The molecule has 0 bridgehead atoms. The van der Waals surface area contributed by atoms with E-state index in [0.717, 1.165) is 28.9 Å². The molecular formula is C13H11Cl2N3O3S3. The molecule has 1 N–H and O–H groups in total. The number of carbonyl (C=O) groups is 1. The molecule has 2 aromatic rings. The van der Waals surface area contributed by atoms with Crippen LogP contribution in [0.15, 0.2) is 27.6 Å². The van der Waals surface area contributed by atoms with Crippen molar-refractivity contribution >= 4 is 69.7 Å². The fraction of sp³-hybridized carbons (Fsp3) is 0.231. The second-order valence-electron chi connectivity index (χ2n) is 4.32. The first-order chi connectivity index (χ1) is 11.4. The Balaban J connectivity index is 2.29. The summed E-state index contributed by atoms with van der Waals surface area (Å²) in [6.45, 7) is 0.496. The summed E-state index contributed by atoms with van der Waals surface area (Å²) in [6, 6.07) is 1.27. The van der Waals surface area contributed by atoms with E-state index in [1.54, 1.807) is 11.8 Å². The van der Waals surface area contributed by atoms with E-state index in [1.807, 2.05) is 6.26 Å². The molecule has 11 heteroatoms. The van der Waals surface area contributed by atoms with E-state index < -0.39 is 4.92 Å². The highest BCUT2D eigenvalue weighted by Crippen LogP contribution is 2.45. The van der Waals surface area contributed by atoms with Gasteiger partial charge in [-0.1, -0.05) is 35.0 Å². The molecule has 0 saturated carbocycles. The molecule has 24 heavy (non-hydrogen) atoms. The minimum atomic E-state index is -0.527. The normalized spacial score (nSPS) is 10.6. The lowest BCUT2D eigenvalue weighted by Crippen LogP contribution is -2.24. The number of rotatable bonds is 7. The Morgan fingerprint density at radius 3 is 2.67 bits per heavy atom. The van der Waals surface area contributed by atoms with Gasteiger partial charge in [-0.2, -0.15) is 11.8 Å². The zero-order chi connectivity index (χ0) is 17.7. The Hall–Kier alpha value is -1.000. The second-order valence-corrected chi connectivity index (χ2v) is 8.45. The van der Waals surface area contributed by atoms with E-state index >= 15 is 0 Å². The molecule has 0 aromatic carbocycles. The number of nitro groups is 1. The van der Waals surface area contributed by atoms with Crippen LogP contribution in [0.4, 0.5) is 5.69 Å². The number of halogens is 2. The third kappa shape index (κ3) is 4.76. The van der Waals surface area contributed by atoms with Gasteiger partial charge in [0, 0.05) is 30.8 Å². The Morgan fingerprint density at radius 2 is 2.08 bits per heavy atom. The SMILES string of the molecule is CSCCNC(=O)c1cc([N+](=O)[O-])c(Sc2c(Cl)cncc2Cl)s1. The van der Waals surface area contributed by atoms with Crippen molar-refractivity contribution in [1.29, 1.82) is 0 Å². The van der Waals surface area contributed by atoms with Crippen LogP contribution < -0.4 is 5.32 Å². The third-order valence-electron chi connectivity index (χ3n) is 2.70. The predicted octanol–water partition coefficient (Wildman–Crippen LogP) is 4.60. The number of nitrogens with one attached hydrogen (secondary N) is 1.